The normalized spacial score (nSPS) is 20.8. The first-order chi connectivity index (χ1) is 12.0. The van der Waals surface area contributed by atoms with Gasteiger partial charge in [-0.05, 0) is 29.8 Å². The summed E-state index contributed by atoms with van der Waals surface area (Å²) in [6.45, 7) is 2.07. The van der Waals surface area contributed by atoms with E-state index in [1.165, 1.54) is 11.8 Å². The molecule has 0 aliphatic carbocycles. The van der Waals surface area contributed by atoms with Crippen molar-refractivity contribution in [3.63, 3.8) is 0 Å². The molecule has 2 aliphatic rings. The van der Waals surface area contributed by atoms with Crippen molar-refractivity contribution in [3.8, 4) is 11.1 Å². The molecule has 128 valence electrons. The van der Waals surface area contributed by atoms with Crippen molar-refractivity contribution in [1.82, 2.24) is 5.32 Å². The first-order valence-electron chi connectivity index (χ1n) is 7.92. The number of carbonyl (C=O) groups is 2. The summed E-state index contributed by atoms with van der Waals surface area (Å²) in [5, 5.41) is 2.66. The lowest BCUT2D eigenvalue weighted by Crippen LogP contribution is -2.33. The number of carbonyl (C=O) groups excluding carboxylic acids is 2. The van der Waals surface area contributed by atoms with E-state index in [9.17, 15) is 13.8 Å². The van der Waals surface area contributed by atoms with E-state index in [1.807, 2.05) is 30.3 Å². The second kappa shape index (κ2) is 6.00. The molecule has 2 aromatic rings. The molecule has 2 atom stereocenters. The molecular weight excluding hydrogens is 340 g/mol. The minimum atomic E-state index is -1.19. The van der Waals surface area contributed by atoms with E-state index in [0.29, 0.717) is 12.2 Å². The highest BCUT2D eigenvalue weighted by Crippen LogP contribution is 2.42. The van der Waals surface area contributed by atoms with Crippen molar-refractivity contribution in [2.75, 3.05) is 18.0 Å². The molecule has 1 saturated heterocycles. The molecular formula is C18H16N2O4S. The Morgan fingerprint density at radius 1 is 1.24 bits per heavy atom. The molecule has 0 saturated carbocycles. The van der Waals surface area contributed by atoms with Crippen LogP contribution in [0.3, 0.4) is 0 Å². The van der Waals surface area contributed by atoms with Gasteiger partial charge in [-0.25, -0.2) is 9.00 Å². The summed E-state index contributed by atoms with van der Waals surface area (Å²) < 4.78 is 17.9. The molecule has 0 radical (unpaired) electrons. The Kier molecular flexibility index (Phi) is 3.80. The molecule has 1 N–H and O–H groups in total. The highest BCUT2D eigenvalue weighted by atomic mass is 32.2. The van der Waals surface area contributed by atoms with Gasteiger partial charge in [-0.1, -0.05) is 18.2 Å². The molecule has 4 rings (SSSR count). The van der Waals surface area contributed by atoms with Crippen LogP contribution in [0.1, 0.15) is 6.92 Å². The van der Waals surface area contributed by atoms with Gasteiger partial charge in [0.05, 0.1) is 33.7 Å². The number of hydrogen-bond donors (Lipinski definition) is 1. The summed E-state index contributed by atoms with van der Waals surface area (Å²) in [6.07, 6.45) is -0.825. The van der Waals surface area contributed by atoms with Gasteiger partial charge in [0.1, 0.15) is 6.10 Å². The number of nitrogens with one attached hydrogen (secondary N) is 1. The summed E-state index contributed by atoms with van der Waals surface area (Å²) >= 11 is 0. The number of benzene rings is 2. The second-order valence-electron chi connectivity index (χ2n) is 6.00. The van der Waals surface area contributed by atoms with Gasteiger partial charge in [-0.15, -0.1) is 0 Å². The largest absolute Gasteiger partial charge is 0.442 e. The molecule has 1 fully saturated rings. The van der Waals surface area contributed by atoms with Crippen molar-refractivity contribution >= 4 is 28.5 Å². The highest BCUT2D eigenvalue weighted by molar-refractivity contribution is 7.85. The van der Waals surface area contributed by atoms with Crippen LogP contribution in [0.5, 0.6) is 0 Å². The molecule has 7 heteroatoms. The fourth-order valence-electron chi connectivity index (χ4n) is 3.12. The SMILES string of the molecule is CC(=O)NC[C@H]1CN(c2ccc3c(c2)-c2ccccc2S3=O)C(=O)O1. The zero-order valence-corrected chi connectivity index (χ0v) is 14.3. The first kappa shape index (κ1) is 15.8. The lowest BCUT2D eigenvalue weighted by Gasteiger charge is -2.14. The standard InChI is InChI=1S/C18H16N2O4S/c1-11(21)19-9-13-10-20(18(22)24-13)12-6-7-17-15(8-12)14-4-2-3-5-16(14)25(17)23/h2-8,13H,9-10H2,1H3,(H,19,21)/t13-,25?/m0/s1. The minimum absolute atomic E-state index is 0.161. The molecule has 0 aromatic heterocycles. The molecule has 0 bridgehead atoms. The maximum atomic E-state index is 12.6. The van der Waals surface area contributed by atoms with E-state index < -0.39 is 16.9 Å². The van der Waals surface area contributed by atoms with Crippen LogP contribution in [0.15, 0.2) is 52.3 Å². The van der Waals surface area contributed by atoms with Gasteiger partial charge in [0, 0.05) is 18.2 Å². The lowest BCUT2D eigenvalue weighted by molar-refractivity contribution is -0.119. The van der Waals surface area contributed by atoms with E-state index in [1.54, 1.807) is 12.1 Å². The second-order valence-corrected chi connectivity index (χ2v) is 7.42. The molecule has 0 spiro atoms. The number of amides is 2. The van der Waals surface area contributed by atoms with E-state index in [0.717, 1.165) is 20.9 Å². The van der Waals surface area contributed by atoms with Gasteiger partial charge in [0.25, 0.3) is 0 Å². The van der Waals surface area contributed by atoms with Crippen molar-refractivity contribution in [1.29, 1.82) is 0 Å². The number of cyclic esters (lactones) is 1. The third-order valence-electron chi connectivity index (χ3n) is 4.30. The lowest BCUT2D eigenvalue weighted by atomic mass is 10.1. The maximum Gasteiger partial charge on any atom is 0.414 e. The summed E-state index contributed by atoms with van der Waals surface area (Å²) in [6, 6.07) is 13.0. The number of rotatable bonds is 3. The average molecular weight is 356 g/mol. The fourth-order valence-corrected chi connectivity index (χ4v) is 4.50. The van der Waals surface area contributed by atoms with Crippen LogP contribution in [0.25, 0.3) is 11.1 Å². The Bertz CT molecular complexity index is 912. The Morgan fingerprint density at radius 3 is 2.80 bits per heavy atom. The summed E-state index contributed by atoms with van der Waals surface area (Å²) in [4.78, 5) is 26.3. The third kappa shape index (κ3) is 2.70. The zero-order valence-electron chi connectivity index (χ0n) is 13.5. The van der Waals surface area contributed by atoms with Gasteiger partial charge < -0.3 is 10.1 Å². The van der Waals surface area contributed by atoms with Crippen molar-refractivity contribution in [2.45, 2.75) is 22.8 Å². The van der Waals surface area contributed by atoms with Crippen LogP contribution in [0, 0.1) is 0 Å². The minimum Gasteiger partial charge on any atom is -0.442 e. The molecule has 1 unspecified atom stereocenters. The van der Waals surface area contributed by atoms with Gasteiger partial charge >= 0.3 is 6.09 Å². The number of anilines is 1. The smallest absolute Gasteiger partial charge is 0.414 e. The van der Waals surface area contributed by atoms with E-state index in [-0.39, 0.29) is 18.6 Å². The summed E-state index contributed by atoms with van der Waals surface area (Å²) in [7, 11) is -1.19. The average Bonchev–Trinajstić information content (AvgIpc) is 3.12. The van der Waals surface area contributed by atoms with Crippen molar-refractivity contribution in [2.24, 2.45) is 0 Å². The van der Waals surface area contributed by atoms with Crippen LogP contribution in [0.4, 0.5) is 10.5 Å². The number of hydrogen-bond acceptors (Lipinski definition) is 4. The van der Waals surface area contributed by atoms with Crippen LogP contribution < -0.4 is 10.2 Å². The van der Waals surface area contributed by atoms with Gasteiger partial charge in [0.15, 0.2) is 0 Å². The number of nitrogens with zero attached hydrogens (tertiary/aromatic N) is 1. The van der Waals surface area contributed by atoms with Crippen molar-refractivity contribution < 1.29 is 18.5 Å². The molecule has 2 aromatic carbocycles. The quantitative estimate of drug-likeness (QED) is 0.781. The van der Waals surface area contributed by atoms with Crippen LogP contribution in [-0.4, -0.2) is 35.4 Å². The fraction of sp³-hybridized carbons (Fsp3) is 0.222. The van der Waals surface area contributed by atoms with E-state index >= 15 is 0 Å². The number of fused-ring (bicyclic) bond motifs is 3. The Morgan fingerprint density at radius 2 is 2.00 bits per heavy atom. The summed E-state index contributed by atoms with van der Waals surface area (Å²) in [5.74, 6) is -0.161. The molecule has 2 amide bonds. The maximum absolute atomic E-state index is 12.6. The predicted molar refractivity (Wildman–Crippen MR) is 92.9 cm³/mol. The van der Waals surface area contributed by atoms with Gasteiger partial charge in [-0.2, -0.15) is 0 Å². The van der Waals surface area contributed by atoms with Crippen LogP contribution in [-0.2, 0) is 20.3 Å². The van der Waals surface area contributed by atoms with Crippen molar-refractivity contribution in [3.05, 3.63) is 42.5 Å². The van der Waals surface area contributed by atoms with Gasteiger partial charge in [-0.3, -0.25) is 9.69 Å². The Hall–Kier alpha value is -2.67. The topological polar surface area (TPSA) is 75.7 Å². The number of ether oxygens (including phenoxy) is 1. The van der Waals surface area contributed by atoms with Crippen LogP contribution >= 0.6 is 0 Å². The summed E-state index contributed by atoms with van der Waals surface area (Å²) in [5.41, 5.74) is 2.51. The molecule has 2 aliphatic heterocycles. The Balaban J connectivity index is 1.63. The van der Waals surface area contributed by atoms with E-state index in [2.05, 4.69) is 5.32 Å². The molecule has 6 nitrogen and oxygen atoms in total. The van der Waals surface area contributed by atoms with Crippen LogP contribution in [0.2, 0.25) is 0 Å². The molecule has 2 heterocycles. The van der Waals surface area contributed by atoms with E-state index in [4.69, 9.17) is 4.74 Å². The monoisotopic (exact) mass is 356 g/mol. The van der Waals surface area contributed by atoms with Gasteiger partial charge in [0.2, 0.25) is 5.91 Å². The third-order valence-corrected chi connectivity index (χ3v) is 5.82. The zero-order chi connectivity index (χ0) is 17.6. The first-order valence-corrected chi connectivity index (χ1v) is 9.07. The Labute approximate surface area is 147 Å². The predicted octanol–water partition coefficient (Wildman–Crippen LogP) is 2.29. The highest BCUT2D eigenvalue weighted by Gasteiger charge is 2.34. The molecule has 25 heavy (non-hydrogen) atoms.